The number of carbonyl (C=O) groups is 1. The number of carboxylic acid groups (broad SMARTS) is 1. The van der Waals surface area contributed by atoms with Crippen molar-refractivity contribution < 1.29 is 44.4 Å². The van der Waals surface area contributed by atoms with E-state index in [4.69, 9.17) is 0 Å². The van der Waals surface area contributed by atoms with Gasteiger partial charge in [-0.1, -0.05) is 24.3 Å². The zero-order valence-electron chi connectivity index (χ0n) is 10.2. The average molecular weight is 265 g/mol. The van der Waals surface area contributed by atoms with Gasteiger partial charge in [-0.25, -0.2) is 0 Å². The molecule has 0 fully saturated rings. The standard InChI is InChI=1S/C13H9NO4.Na/c15-13(16)11-3-1-9(2-4-11)10-5-7-12(8-6-10)14(17)18;/h1-8H,(H,15,16);/q;+1/p-1. The molecule has 0 unspecified atom stereocenters. The van der Waals surface area contributed by atoms with E-state index in [9.17, 15) is 20.0 Å². The molecule has 0 spiro atoms. The van der Waals surface area contributed by atoms with E-state index in [1.165, 1.54) is 24.3 Å². The molecule has 0 bridgehead atoms. The minimum atomic E-state index is -1.23. The summed E-state index contributed by atoms with van der Waals surface area (Å²) in [6.45, 7) is 0. The summed E-state index contributed by atoms with van der Waals surface area (Å²) in [5.41, 5.74) is 1.69. The van der Waals surface area contributed by atoms with Crippen LogP contribution >= 0.6 is 0 Å². The van der Waals surface area contributed by atoms with E-state index in [1.54, 1.807) is 24.3 Å². The van der Waals surface area contributed by atoms with E-state index >= 15 is 0 Å². The van der Waals surface area contributed by atoms with Crippen molar-refractivity contribution in [1.82, 2.24) is 0 Å². The molecule has 0 heterocycles. The Balaban J connectivity index is 0.00000180. The van der Waals surface area contributed by atoms with Crippen LogP contribution in [-0.2, 0) is 0 Å². The summed E-state index contributed by atoms with van der Waals surface area (Å²) < 4.78 is 0. The van der Waals surface area contributed by atoms with Crippen LogP contribution in [0.1, 0.15) is 10.4 Å². The van der Waals surface area contributed by atoms with E-state index in [-0.39, 0.29) is 40.8 Å². The van der Waals surface area contributed by atoms with E-state index in [1.807, 2.05) is 0 Å². The van der Waals surface area contributed by atoms with Gasteiger partial charge in [0.25, 0.3) is 5.69 Å². The van der Waals surface area contributed by atoms with Gasteiger partial charge in [0.1, 0.15) is 0 Å². The molecule has 5 nitrogen and oxygen atoms in total. The zero-order valence-corrected chi connectivity index (χ0v) is 12.2. The second-order valence-corrected chi connectivity index (χ2v) is 3.67. The first kappa shape index (κ1) is 15.4. The van der Waals surface area contributed by atoms with Gasteiger partial charge in [-0.05, 0) is 28.8 Å². The van der Waals surface area contributed by atoms with Crippen molar-refractivity contribution in [2.75, 3.05) is 0 Å². The van der Waals surface area contributed by atoms with Gasteiger partial charge >= 0.3 is 29.6 Å². The molecule has 19 heavy (non-hydrogen) atoms. The van der Waals surface area contributed by atoms with Crippen LogP contribution in [0.4, 0.5) is 5.69 Å². The molecule has 6 heteroatoms. The first-order valence-corrected chi connectivity index (χ1v) is 5.14. The molecule has 0 aliphatic carbocycles. The number of non-ortho nitro benzene ring substituents is 1. The Labute approximate surface area is 131 Å². The van der Waals surface area contributed by atoms with Crippen LogP contribution in [0.25, 0.3) is 11.1 Å². The van der Waals surface area contributed by atoms with E-state index in [0.717, 1.165) is 11.1 Å². The number of nitro benzene ring substituents is 1. The van der Waals surface area contributed by atoms with E-state index in [0.29, 0.717) is 0 Å². The van der Waals surface area contributed by atoms with Crippen molar-refractivity contribution in [3.05, 3.63) is 64.2 Å². The predicted molar refractivity (Wildman–Crippen MR) is 62.9 cm³/mol. The first-order chi connectivity index (χ1) is 8.58. The molecule has 0 aliphatic heterocycles. The van der Waals surface area contributed by atoms with Crippen molar-refractivity contribution in [1.29, 1.82) is 0 Å². The largest absolute Gasteiger partial charge is 1.00 e. The SMILES string of the molecule is O=C([O-])c1ccc(-c2ccc([N+](=O)[O-])cc2)cc1.[Na+]. The molecular formula is C13H8NNaO4. The van der Waals surface area contributed by atoms with Gasteiger partial charge in [-0.2, -0.15) is 0 Å². The van der Waals surface area contributed by atoms with Crippen LogP contribution in [0.5, 0.6) is 0 Å². The number of aromatic carboxylic acids is 1. The number of nitrogens with zero attached hydrogens (tertiary/aromatic N) is 1. The summed E-state index contributed by atoms with van der Waals surface area (Å²) in [5, 5.41) is 21.1. The van der Waals surface area contributed by atoms with Crippen LogP contribution < -0.4 is 34.7 Å². The van der Waals surface area contributed by atoms with Gasteiger partial charge < -0.3 is 9.90 Å². The third-order valence-corrected chi connectivity index (χ3v) is 2.53. The summed E-state index contributed by atoms with van der Waals surface area (Å²) >= 11 is 0. The van der Waals surface area contributed by atoms with Gasteiger partial charge in [0.05, 0.1) is 10.9 Å². The fourth-order valence-electron chi connectivity index (χ4n) is 1.57. The number of carboxylic acids is 1. The topological polar surface area (TPSA) is 83.3 Å². The van der Waals surface area contributed by atoms with Gasteiger partial charge in [-0.3, -0.25) is 10.1 Å². The van der Waals surface area contributed by atoms with Crippen LogP contribution in [0, 0.1) is 10.1 Å². The third-order valence-electron chi connectivity index (χ3n) is 2.53. The molecule has 0 aromatic heterocycles. The van der Waals surface area contributed by atoms with Crippen LogP contribution in [0.15, 0.2) is 48.5 Å². The number of rotatable bonds is 3. The Morgan fingerprint density at radius 2 is 1.32 bits per heavy atom. The first-order valence-electron chi connectivity index (χ1n) is 5.14. The van der Waals surface area contributed by atoms with E-state index in [2.05, 4.69) is 0 Å². The number of benzene rings is 2. The number of carbonyl (C=O) groups excluding carboxylic acids is 1. The zero-order chi connectivity index (χ0) is 13.1. The van der Waals surface area contributed by atoms with Gasteiger partial charge in [0.2, 0.25) is 0 Å². The maximum Gasteiger partial charge on any atom is 1.00 e. The molecule has 2 rings (SSSR count). The second-order valence-electron chi connectivity index (χ2n) is 3.67. The minimum Gasteiger partial charge on any atom is -0.545 e. The molecule has 2 aromatic carbocycles. The van der Waals surface area contributed by atoms with Crippen molar-refractivity contribution in [2.24, 2.45) is 0 Å². The smallest absolute Gasteiger partial charge is 0.545 e. The Kier molecular flexibility index (Phi) is 5.23. The van der Waals surface area contributed by atoms with Gasteiger partial charge in [-0.15, -0.1) is 0 Å². The Morgan fingerprint density at radius 1 is 0.895 bits per heavy atom. The van der Waals surface area contributed by atoms with Crippen LogP contribution in [-0.4, -0.2) is 10.9 Å². The summed E-state index contributed by atoms with van der Waals surface area (Å²) in [4.78, 5) is 20.6. The number of hydrogen-bond acceptors (Lipinski definition) is 4. The summed E-state index contributed by atoms with van der Waals surface area (Å²) in [6.07, 6.45) is 0. The molecule has 2 aromatic rings. The van der Waals surface area contributed by atoms with Gasteiger partial charge in [0.15, 0.2) is 0 Å². The maximum absolute atomic E-state index is 10.6. The maximum atomic E-state index is 10.6. The minimum absolute atomic E-state index is 0. The Bertz CT molecular complexity index is 538. The summed E-state index contributed by atoms with van der Waals surface area (Å²) in [5.74, 6) is -1.23. The monoisotopic (exact) mass is 265 g/mol. The summed E-state index contributed by atoms with van der Waals surface area (Å²) in [6, 6.07) is 12.2. The van der Waals surface area contributed by atoms with Crippen LogP contribution in [0.3, 0.4) is 0 Å². The van der Waals surface area contributed by atoms with E-state index < -0.39 is 10.9 Å². The van der Waals surface area contributed by atoms with Crippen LogP contribution in [0.2, 0.25) is 0 Å². The number of hydrogen-bond donors (Lipinski definition) is 0. The fourth-order valence-corrected chi connectivity index (χ4v) is 1.57. The van der Waals surface area contributed by atoms with Crippen molar-refractivity contribution >= 4 is 11.7 Å². The molecule has 0 atom stereocenters. The molecule has 0 N–H and O–H groups in total. The molecule has 0 radical (unpaired) electrons. The Morgan fingerprint density at radius 3 is 1.68 bits per heavy atom. The van der Waals surface area contributed by atoms with Crippen molar-refractivity contribution in [2.45, 2.75) is 0 Å². The average Bonchev–Trinajstić information content (AvgIpc) is 2.39. The molecule has 90 valence electrons. The van der Waals surface area contributed by atoms with Crippen molar-refractivity contribution in [3.63, 3.8) is 0 Å². The molecular weight excluding hydrogens is 257 g/mol. The second kappa shape index (κ2) is 6.47. The molecule has 0 aliphatic rings. The molecule has 0 saturated carbocycles. The summed E-state index contributed by atoms with van der Waals surface area (Å²) in [7, 11) is 0. The normalized spacial score (nSPS) is 9.47. The molecule has 0 amide bonds. The third kappa shape index (κ3) is 3.64. The van der Waals surface area contributed by atoms with Crippen molar-refractivity contribution in [3.8, 4) is 11.1 Å². The molecule has 0 saturated heterocycles. The number of nitro groups is 1. The van der Waals surface area contributed by atoms with Gasteiger partial charge in [0, 0.05) is 12.1 Å². The predicted octanol–water partition coefficient (Wildman–Crippen LogP) is -1.37. The fraction of sp³-hybridized carbons (Fsp3) is 0. The Hall–Kier alpha value is -1.69. The quantitative estimate of drug-likeness (QED) is 0.389.